The number of carbonyl (C=O) groups excluding carboxylic acids is 1. The number of aryl methyl sites for hydroxylation is 1. The van der Waals surface area contributed by atoms with E-state index in [2.05, 4.69) is 57.2 Å². The van der Waals surface area contributed by atoms with E-state index in [1.54, 1.807) is 0 Å². The van der Waals surface area contributed by atoms with E-state index < -0.39 is 0 Å². The molecule has 0 saturated heterocycles. The molecule has 2 rings (SSSR count). The van der Waals surface area contributed by atoms with Crippen LogP contribution in [0.25, 0.3) is 11.1 Å². The van der Waals surface area contributed by atoms with Crippen LogP contribution in [-0.4, -0.2) is 22.8 Å². The lowest BCUT2D eigenvalue weighted by Gasteiger charge is -2.14. The summed E-state index contributed by atoms with van der Waals surface area (Å²) in [4.78, 5) is 20.2. The molecule has 0 aliphatic rings. The normalized spacial score (nSPS) is 10.8. The van der Waals surface area contributed by atoms with Crippen LogP contribution >= 0.6 is 15.9 Å². The van der Waals surface area contributed by atoms with Crippen LogP contribution in [0.15, 0.2) is 22.7 Å². The van der Waals surface area contributed by atoms with Crippen LogP contribution < -0.4 is 5.32 Å². The first kappa shape index (κ1) is 16.6. The van der Waals surface area contributed by atoms with Crippen molar-refractivity contribution in [3.8, 4) is 11.1 Å². The lowest BCUT2D eigenvalue weighted by atomic mass is 9.97. The number of hydrogen-bond acceptors (Lipinski definition) is 4. The number of halogens is 1. The van der Waals surface area contributed by atoms with Gasteiger partial charge in [0.1, 0.15) is 5.69 Å². The van der Waals surface area contributed by atoms with Crippen molar-refractivity contribution in [1.29, 1.82) is 0 Å². The van der Waals surface area contributed by atoms with Crippen molar-refractivity contribution in [1.82, 2.24) is 9.97 Å². The Morgan fingerprint density at radius 1 is 1.32 bits per heavy atom. The fourth-order valence-corrected chi connectivity index (χ4v) is 2.94. The van der Waals surface area contributed by atoms with Crippen LogP contribution in [0.5, 0.6) is 0 Å². The average molecular weight is 362 g/mol. The molecule has 1 aromatic carbocycles. The number of carbonyl (C=O) groups is 1. The second-order valence-electron chi connectivity index (χ2n) is 5.44. The summed E-state index contributed by atoms with van der Waals surface area (Å²) in [6.07, 6.45) is 0.785. The minimum atomic E-state index is 0.404. The highest BCUT2D eigenvalue weighted by Crippen LogP contribution is 2.34. The molecule has 0 spiro atoms. The number of anilines is 1. The molecular formula is C17H20BrN3O. The molecule has 1 aromatic heterocycles. The molecular weight excluding hydrogens is 342 g/mol. The maximum absolute atomic E-state index is 11.5. The van der Waals surface area contributed by atoms with Gasteiger partial charge in [-0.15, -0.1) is 0 Å². The predicted molar refractivity (Wildman–Crippen MR) is 93.5 cm³/mol. The molecule has 0 aliphatic heterocycles. The molecule has 0 radical (unpaired) electrons. The Hall–Kier alpha value is -1.75. The first-order valence-electron chi connectivity index (χ1n) is 7.35. The number of nitrogens with one attached hydrogen (secondary N) is 1. The molecule has 5 heteroatoms. The molecule has 0 fully saturated rings. The highest BCUT2D eigenvalue weighted by Gasteiger charge is 2.16. The number of benzene rings is 1. The molecule has 2 aromatic rings. The summed E-state index contributed by atoms with van der Waals surface area (Å²) in [6.45, 7) is 8.88. The predicted octanol–water partition coefficient (Wildman–Crippen LogP) is 4.58. The third kappa shape index (κ3) is 3.35. The van der Waals surface area contributed by atoms with E-state index in [4.69, 9.17) is 0 Å². The third-order valence-electron chi connectivity index (χ3n) is 3.49. The molecule has 4 nitrogen and oxygen atoms in total. The Balaban J connectivity index is 2.59. The Morgan fingerprint density at radius 3 is 2.59 bits per heavy atom. The molecule has 22 heavy (non-hydrogen) atoms. The maximum Gasteiger partial charge on any atom is 0.223 e. The summed E-state index contributed by atoms with van der Waals surface area (Å²) in [5.74, 6) is 0.935. The quantitative estimate of drug-likeness (QED) is 0.791. The minimum absolute atomic E-state index is 0.404. The van der Waals surface area contributed by atoms with Gasteiger partial charge in [-0.05, 0) is 37.0 Å². The van der Waals surface area contributed by atoms with Crippen LogP contribution in [0.1, 0.15) is 48.4 Å². The highest BCUT2D eigenvalue weighted by atomic mass is 79.9. The number of hydrogen-bond donors (Lipinski definition) is 1. The van der Waals surface area contributed by atoms with Crippen LogP contribution in [0, 0.1) is 6.92 Å². The van der Waals surface area contributed by atoms with Gasteiger partial charge in [-0.25, -0.2) is 9.97 Å². The number of nitrogens with zero attached hydrogens (tertiary/aromatic N) is 2. The Bertz CT molecular complexity index is 699. The Labute approximate surface area is 139 Å². The zero-order valence-corrected chi connectivity index (χ0v) is 14.9. The van der Waals surface area contributed by atoms with Gasteiger partial charge in [0.25, 0.3) is 0 Å². The van der Waals surface area contributed by atoms with Gasteiger partial charge in [0.2, 0.25) is 5.95 Å². The molecule has 1 N–H and O–H groups in total. The second-order valence-corrected chi connectivity index (χ2v) is 6.29. The van der Waals surface area contributed by atoms with Gasteiger partial charge in [-0.1, -0.05) is 41.9 Å². The summed E-state index contributed by atoms with van der Waals surface area (Å²) < 4.78 is 0.949. The zero-order chi connectivity index (χ0) is 16.3. The molecule has 0 unspecified atom stereocenters. The van der Waals surface area contributed by atoms with Gasteiger partial charge in [0.05, 0.1) is 5.69 Å². The maximum atomic E-state index is 11.5. The van der Waals surface area contributed by atoms with Gasteiger partial charge < -0.3 is 5.32 Å². The molecule has 0 amide bonds. The monoisotopic (exact) mass is 361 g/mol. The first-order chi connectivity index (χ1) is 10.5. The van der Waals surface area contributed by atoms with Gasteiger partial charge in [-0.2, -0.15) is 0 Å². The van der Waals surface area contributed by atoms with Gasteiger partial charge in [0, 0.05) is 16.6 Å². The van der Waals surface area contributed by atoms with Crippen molar-refractivity contribution < 1.29 is 4.79 Å². The summed E-state index contributed by atoms with van der Waals surface area (Å²) in [7, 11) is 0. The third-order valence-corrected chi connectivity index (χ3v) is 4.15. The number of rotatable bonds is 5. The lowest BCUT2D eigenvalue weighted by Crippen LogP contribution is -2.07. The number of aromatic nitrogens is 2. The minimum Gasteiger partial charge on any atom is -0.354 e. The number of aldehydes is 1. The SMILES string of the molecule is CCNc1nc(C)c(-c2ccc(C(C)C)cc2Br)c(C=O)n1. The van der Waals surface area contributed by atoms with Crippen molar-refractivity contribution in [2.24, 2.45) is 0 Å². The molecule has 0 aliphatic carbocycles. The summed E-state index contributed by atoms with van der Waals surface area (Å²) in [5.41, 5.74) is 4.14. The van der Waals surface area contributed by atoms with Crippen LogP contribution in [-0.2, 0) is 0 Å². The fourth-order valence-electron chi connectivity index (χ4n) is 2.34. The van der Waals surface area contributed by atoms with Gasteiger partial charge >= 0.3 is 0 Å². The molecule has 0 atom stereocenters. The van der Waals surface area contributed by atoms with E-state index in [0.717, 1.165) is 27.6 Å². The average Bonchev–Trinajstić information content (AvgIpc) is 2.47. The summed E-state index contributed by atoms with van der Waals surface area (Å²) in [5, 5.41) is 3.05. The van der Waals surface area contributed by atoms with E-state index in [1.165, 1.54) is 5.56 Å². The van der Waals surface area contributed by atoms with Crippen molar-refractivity contribution in [2.45, 2.75) is 33.6 Å². The van der Waals surface area contributed by atoms with E-state index in [1.807, 2.05) is 19.9 Å². The molecule has 116 valence electrons. The van der Waals surface area contributed by atoms with Crippen LogP contribution in [0.3, 0.4) is 0 Å². The molecule has 0 saturated carbocycles. The zero-order valence-electron chi connectivity index (χ0n) is 13.3. The summed E-state index contributed by atoms with van der Waals surface area (Å²) in [6, 6.07) is 6.19. The fraction of sp³-hybridized carbons (Fsp3) is 0.353. The van der Waals surface area contributed by atoms with E-state index in [-0.39, 0.29) is 0 Å². The molecule has 0 bridgehead atoms. The second kappa shape index (κ2) is 7.01. The topological polar surface area (TPSA) is 54.9 Å². The van der Waals surface area contributed by atoms with Gasteiger partial charge in [0.15, 0.2) is 6.29 Å². The first-order valence-corrected chi connectivity index (χ1v) is 8.14. The van der Waals surface area contributed by atoms with E-state index >= 15 is 0 Å². The summed E-state index contributed by atoms with van der Waals surface area (Å²) >= 11 is 3.61. The lowest BCUT2D eigenvalue weighted by molar-refractivity contribution is 0.111. The van der Waals surface area contributed by atoms with Crippen molar-refractivity contribution >= 4 is 28.2 Å². The van der Waals surface area contributed by atoms with Crippen molar-refractivity contribution in [2.75, 3.05) is 11.9 Å². The van der Waals surface area contributed by atoms with Crippen molar-refractivity contribution in [3.63, 3.8) is 0 Å². The van der Waals surface area contributed by atoms with E-state index in [9.17, 15) is 4.79 Å². The smallest absolute Gasteiger partial charge is 0.223 e. The Morgan fingerprint density at radius 2 is 2.05 bits per heavy atom. The van der Waals surface area contributed by atoms with Gasteiger partial charge in [-0.3, -0.25) is 4.79 Å². The standard InChI is InChI=1S/C17H20BrN3O/c1-5-19-17-20-11(4)16(15(9-22)21-17)13-7-6-12(10(2)3)8-14(13)18/h6-10H,5H2,1-4H3,(H,19,20,21). The molecule has 1 heterocycles. The van der Waals surface area contributed by atoms with Crippen LogP contribution in [0.2, 0.25) is 0 Å². The largest absolute Gasteiger partial charge is 0.354 e. The highest BCUT2D eigenvalue weighted by molar-refractivity contribution is 9.10. The van der Waals surface area contributed by atoms with Crippen LogP contribution in [0.4, 0.5) is 5.95 Å². The Kier molecular flexibility index (Phi) is 5.29. The van der Waals surface area contributed by atoms with E-state index in [0.29, 0.717) is 24.1 Å². The van der Waals surface area contributed by atoms with Crippen molar-refractivity contribution in [3.05, 3.63) is 39.6 Å².